The lowest BCUT2D eigenvalue weighted by Crippen LogP contribution is -2.55. The number of pyridine rings is 1. The number of rotatable bonds is 5. The van der Waals surface area contributed by atoms with Gasteiger partial charge in [-0.15, -0.1) is 0 Å². The number of aromatic nitrogens is 3. The molecule has 0 spiro atoms. The van der Waals surface area contributed by atoms with Crippen molar-refractivity contribution in [2.45, 2.75) is 37.3 Å². The Morgan fingerprint density at radius 3 is 2.77 bits per heavy atom. The van der Waals surface area contributed by atoms with E-state index in [1.807, 2.05) is 0 Å². The largest absolute Gasteiger partial charge is 0.364 e. The third-order valence-corrected chi connectivity index (χ3v) is 5.19. The van der Waals surface area contributed by atoms with Gasteiger partial charge in [-0.25, -0.2) is 23.1 Å². The minimum Gasteiger partial charge on any atom is -0.364 e. The Kier molecular flexibility index (Phi) is 5.36. The Morgan fingerprint density at radius 1 is 1.19 bits per heavy atom. The molecule has 0 bridgehead atoms. The molecule has 6 N–H and O–H groups in total. The summed E-state index contributed by atoms with van der Waals surface area (Å²) in [7, 11) is 0. The second-order valence-corrected chi connectivity index (χ2v) is 7.43. The van der Waals surface area contributed by atoms with Gasteiger partial charge in [0.1, 0.15) is 11.6 Å². The number of hydrogen-bond acceptors (Lipinski definition) is 7. The number of nitrogens with one attached hydrogen (secondary N) is 2. The molecule has 0 aliphatic heterocycles. The monoisotopic (exact) mass is 431 g/mol. The Balaban J connectivity index is 1.62. The first-order valence-electron chi connectivity index (χ1n) is 9.62. The standard InChI is InChI=1S/C20H20F3N7O/c21-11-4-3-10-6-12(8-26-14(10)7-11)28-19-16(18(25)31)27-9-15(30-19)29-13-2-1-5-20(22,23)17(13)24/h3-4,6-9,13,17H,1-2,5,24H2,(H2,25,31)(H2,28,29,30). The average Bonchev–Trinajstić information content (AvgIpc) is 2.71. The van der Waals surface area contributed by atoms with Crippen molar-refractivity contribution in [2.24, 2.45) is 11.5 Å². The van der Waals surface area contributed by atoms with Gasteiger partial charge in [0.2, 0.25) is 0 Å². The maximum absolute atomic E-state index is 13.9. The number of alkyl halides is 2. The number of amides is 1. The van der Waals surface area contributed by atoms with Gasteiger partial charge in [0.15, 0.2) is 11.5 Å². The second kappa shape index (κ2) is 7.99. The molecule has 2 heterocycles. The quantitative estimate of drug-likeness (QED) is 0.488. The predicted molar refractivity (Wildman–Crippen MR) is 110 cm³/mol. The molecule has 1 saturated carbocycles. The summed E-state index contributed by atoms with van der Waals surface area (Å²) >= 11 is 0. The van der Waals surface area contributed by atoms with E-state index in [1.165, 1.54) is 24.5 Å². The van der Waals surface area contributed by atoms with E-state index in [2.05, 4.69) is 25.6 Å². The van der Waals surface area contributed by atoms with Gasteiger partial charge in [-0.2, -0.15) is 0 Å². The molecule has 162 valence electrons. The molecule has 1 fully saturated rings. The minimum absolute atomic E-state index is 0.0249. The van der Waals surface area contributed by atoms with Crippen molar-refractivity contribution in [3.05, 3.63) is 48.2 Å². The van der Waals surface area contributed by atoms with Gasteiger partial charge in [0.25, 0.3) is 11.8 Å². The van der Waals surface area contributed by atoms with Gasteiger partial charge in [0, 0.05) is 23.9 Å². The number of carbonyl (C=O) groups excluding carboxylic acids is 1. The van der Waals surface area contributed by atoms with E-state index in [-0.39, 0.29) is 23.8 Å². The number of carbonyl (C=O) groups is 1. The lowest BCUT2D eigenvalue weighted by Gasteiger charge is -2.36. The van der Waals surface area contributed by atoms with Gasteiger partial charge < -0.3 is 22.1 Å². The number of nitrogens with two attached hydrogens (primary N) is 2. The molecular weight excluding hydrogens is 411 g/mol. The molecule has 4 rings (SSSR count). The molecule has 1 aliphatic rings. The summed E-state index contributed by atoms with van der Waals surface area (Å²) in [5.41, 5.74) is 11.9. The van der Waals surface area contributed by atoms with Crippen molar-refractivity contribution in [1.29, 1.82) is 0 Å². The van der Waals surface area contributed by atoms with Crippen LogP contribution in [0.3, 0.4) is 0 Å². The maximum atomic E-state index is 13.9. The molecule has 8 nitrogen and oxygen atoms in total. The fourth-order valence-corrected chi connectivity index (χ4v) is 3.58. The van der Waals surface area contributed by atoms with Crippen molar-refractivity contribution < 1.29 is 18.0 Å². The van der Waals surface area contributed by atoms with Gasteiger partial charge in [0.05, 0.1) is 29.6 Å². The first kappa shape index (κ1) is 20.8. The van der Waals surface area contributed by atoms with Crippen LogP contribution in [0.5, 0.6) is 0 Å². The number of hydrogen-bond donors (Lipinski definition) is 4. The van der Waals surface area contributed by atoms with Crippen molar-refractivity contribution in [1.82, 2.24) is 15.0 Å². The summed E-state index contributed by atoms with van der Waals surface area (Å²) in [6, 6.07) is 3.76. The molecule has 2 aromatic heterocycles. The summed E-state index contributed by atoms with van der Waals surface area (Å²) in [4.78, 5) is 24.3. The van der Waals surface area contributed by atoms with Crippen molar-refractivity contribution in [3.8, 4) is 0 Å². The van der Waals surface area contributed by atoms with Crippen LogP contribution in [-0.2, 0) is 0 Å². The highest BCUT2D eigenvalue weighted by Gasteiger charge is 2.44. The molecule has 1 aromatic carbocycles. The number of benzene rings is 1. The molecule has 31 heavy (non-hydrogen) atoms. The summed E-state index contributed by atoms with van der Waals surface area (Å²) in [5, 5.41) is 6.46. The predicted octanol–water partition coefficient (Wildman–Crippen LogP) is 2.93. The fraction of sp³-hybridized carbons (Fsp3) is 0.300. The molecule has 1 aliphatic carbocycles. The van der Waals surface area contributed by atoms with Crippen LogP contribution in [0.1, 0.15) is 29.8 Å². The Hall–Kier alpha value is -3.47. The van der Waals surface area contributed by atoms with Crippen LogP contribution in [0.25, 0.3) is 10.9 Å². The van der Waals surface area contributed by atoms with E-state index in [1.54, 1.807) is 12.1 Å². The number of halogens is 3. The number of fused-ring (bicyclic) bond motifs is 1. The van der Waals surface area contributed by atoms with Crippen molar-refractivity contribution >= 4 is 34.1 Å². The Bertz CT molecular complexity index is 1140. The van der Waals surface area contributed by atoms with Crippen LogP contribution >= 0.6 is 0 Å². The summed E-state index contributed by atoms with van der Waals surface area (Å²) in [6.45, 7) is 0. The first-order valence-corrected chi connectivity index (χ1v) is 9.62. The van der Waals surface area contributed by atoms with Crippen molar-refractivity contribution in [2.75, 3.05) is 10.6 Å². The smallest absolute Gasteiger partial charge is 0.271 e. The van der Waals surface area contributed by atoms with Crippen LogP contribution in [0.15, 0.2) is 36.7 Å². The summed E-state index contributed by atoms with van der Waals surface area (Å²) in [6.07, 6.45) is 3.19. The molecule has 2 atom stereocenters. The Morgan fingerprint density at radius 2 is 2.00 bits per heavy atom. The highest BCUT2D eigenvalue weighted by molar-refractivity contribution is 5.96. The van der Waals surface area contributed by atoms with E-state index in [4.69, 9.17) is 11.5 Å². The molecule has 2 unspecified atom stereocenters. The lowest BCUT2D eigenvalue weighted by molar-refractivity contribution is -0.0554. The van der Waals surface area contributed by atoms with Crippen LogP contribution in [-0.4, -0.2) is 38.9 Å². The third kappa shape index (κ3) is 4.36. The van der Waals surface area contributed by atoms with E-state index >= 15 is 0 Å². The van der Waals surface area contributed by atoms with Crippen LogP contribution < -0.4 is 22.1 Å². The van der Waals surface area contributed by atoms with Crippen LogP contribution in [0.2, 0.25) is 0 Å². The fourth-order valence-electron chi connectivity index (χ4n) is 3.58. The van der Waals surface area contributed by atoms with Crippen LogP contribution in [0.4, 0.5) is 30.5 Å². The molecule has 0 saturated heterocycles. The zero-order valence-electron chi connectivity index (χ0n) is 16.3. The highest BCUT2D eigenvalue weighted by atomic mass is 19.3. The first-order chi connectivity index (χ1) is 14.7. The topological polar surface area (TPSA) is 132 Å². The molecular formula is C20H20F3N7O. The number of primary amides is 1. The minimum atomic E-state index is -2.98. The SMILES string of the molecule is NC(=O)c1ncc(NC2CCCC(F)(F)C2N)nc1Nc1cnc2cc(F)ccc2c1. The highest BCUT2D eigenvalue weighted by Crippen LogP contribution is 2.34. The van der Waals surface area contributed by atoms with E-state index in [0.717, 1.165) is 0 Å². The summed E-state index contributed by atoms with van der Waals surface area (Å²) < 4.78 is 41.2. The third-order valence-electron chi connectivity index (χ3n) is 5.19. The van der Waals surface area contributed by atoms with Gasteiger partial charge in [-0.05, 0) is 31.0 Å². The molecule has 0 radical (unpaired) electrons. The lowest BCUT2D eigenvalue weighted by atomic mass is 9.87. The maximum Gasteiger partial charge on any atom is 0.271 e. The van der Waals surface area contributed by atoms with E-state index in [0.29, 0.717) is 29.4 Å². The van der Waals surface area contributed by atoms with E-state index < -0.39 is 29.7 Å². The van der Waals surface area contributed by atoms with Crippen LogP contribution in [0, 0.1) is 5.82 Å². The number of anilines is 3. The Labute approximate surface area is 175 Å². The zero-order chi connectivity index (χ0) is 22.2. The molecule has 1 amide bonds. The average molecular weight is 431 g/mol. The number of nitrogens with zero attached hydrogens (tertiary/aromatic N) is 3. The summed E-state index contributed by atoms with van der Waals surface area (Å²) in [5.74, 6) is -4.02. The van der Waals surface area contributed by atoms with Gasteiger partial charge in [-0.3, -0.25) is 9.78 Å². The second-order valence-electron chi connectivity index (χ2n) is 7.43. The van der Waals surface area contributed by atoms with Gasteiger partial charge in [-0.1, -0.05) is 0 Å². The zero-order valence-corrected chi connectivity index (χ0v) is 16.3. The molecule has 11 heteroatoms. The molecule has 3 aromatic rings. The normalized spacial score (nSPS) is 20.4. The van der Waals surface area contributed by atoms with Crippen molar-refractivity contribution in [3.63, 3.8) is 0 Å². The van der Waals surface area contributed by atoms with Gasteiger partial charge >= 0.3 is 0 Å². The van der Waals surface area contributed by atoms with E-state index in [9.17, 15) is 18.0 Å².